The van der Waals surface area contributed by atoms with Gasteiger partial charge in [0.05, 0.1) is 22.9 Å². The molecule has 1 N–H and O–H groups in total. The van der Waals surface area contributed by atoms with Gasteiger partial charge in [-0.15, -0.1) is 0 Å². The number of nitrogens with one attached hydrogen (secondary N) is 1. The van der Waals surface area contributed by atoms with Crippen molar-refractivity contribution in [1.29, 1.82) is 10.5 Å². The van der Waals surface area contributed by atoms with E-state index in [-0.39, 0.29) is 0 Å². The molecule has 0 heterocycles. The summed E-state index contributed by atoms with van der Waals surface area (Å²) < 4.78 is 0.857. The van der Waals surface area contributed by atoms with E-state index in [1.54, 1.807) is 24.3 Å². The molecular formula is C14H8BrN3. The molecule has 2 rings (SSSR count). The largest absolute Gasteiger partial charge is 0.354 e. The molecule has 2 aromatic rings. The maximum absolute atomic E-state index is 9.06. The number of hydrogen-bond donors (Lipinski definition) is 1. The van der Waals surface area contributed by atoms with Gasteiger partial charge in [0.1, 0.15) is 6.07 Å². The topological polar surface area (TPSA) is 59.6 Å². The lowest BCUT2D eigenvalue weighted by molar-refractivity contribution is 1.44. The first kappa shape index (κ1) is 12.2. The molecule has 0 saturated carbocycles. The van der Waals surface area contributed by atoms with Crippen LogP contribution < -0.4 is 5.32 Å². The first-order valence-electron chi connectivity index (χ1n) is 5.20. The lowest BCUT2D eigenvalue weighted by atomic mass is 10.1. The van der Waals surface area contributed by atoms with Crippen LogP contribution in [-0.2, 0) is 0 Å². The SMILES string of the molecule is N#Cc1cccc(Nc2ccc(Br)cc2C#N)c1. The van der Waals surface area contributed by atoms with Crippen molar-refractivity contribution in [3.05, 3.63) is 58.1 Å². The van der Waals surface area contributed by atoms with E-state index in [1.807, 2.05) is 18.2 Å². The first-order valence-corrected chi connectivity index (χ1v) is 5.99. The Kier molecular flexibility index (Phi) is 3.62. The van der Waals surface area contributed by atoms with E-state index in [4.69, 9.17) is 10.5 Å². The summed E-state index contributed by atoms with van der Waals surface area (Å²) in [4.78, 5) is 0. The van der Waals surface area contributed by atoms with Crippen LogP contribution in [-0.4, -0.2) is 0 Å². The third-order valence-corrected chi connectivity index (χ3v) is 2.87. The summed E-state index contributed by atoms with van der Waals surface area (Å²) in [6.45, 7) is 0. The molecule has 0 saturated heterocycles. The van der Waals surface area contributed by atoms with E-state index in [1.165, 1.54) is 0 Å². The number of hydrogen-bond acceptors (Lipinski definition) is 3. The van der Waals surface area contributed by atoms with Gasteiger partial charge >= 0.3 is 0 Å². The van der Waals surface area contributed by atoms with Gasteiger partial charge in [0, 0.05) is 10.2 Å². The lowest BCUT2D eigenvalue weighted by Gasteiger charge is -2.08. The number of benzene rings is 2. The average molecular weight is 298 g/mol. The van der Waals surface area contributed by atoms with Gasteiger partial charge in [0.25, 0.3) is 0 Å². The summed E-state index contributed by atoms with van der Waals surface area (Å²) in [6, 6.07) is 16.8. The first-order chi connectivity index (χ1) is 8.72. The van der Waals surface area contributed by atoms with Gasteiger partial charge in [-0.3, -0.25) is 0 Å². The molecule has 2 aromatic carbocycles. The van der Waals surface area contributed by atoms with E-state index in [9.17, 15) is 0 Å². The lowest BCUT2D eigenvalue weighted by Crippen LogP contribution is -1.94. The highest BCUT2D eigenvalue weighted by atomic mass is 79.9. The quantitative estimate of drug-likeness (QED) is 0.913. The molecule has 0 amide bonds. The second-order valence-corrected chi connectivity index (χ2v) is 4.53. The molecule has 0 bridgehead atoms. The zero-order chi connectivity index (χ0) is 13.0. The summed E-state index contributed by atoms with van der Waals surface area (Å²) in [7, 11) is 0. The van der Waals surface area contributed by atoms with Crippen molar-refractivity contribution >= 4 is 27.3 Å². The third kappa shape index (κ3) is 2.68. The summed E-state index contributed by atoms with van der Waals surface area (Å²) in [5.41, 5.74) is 2.63. The molecule has 0 radical (unpaired) electrons. The Morgan fingerprint density at radius 1 is 1.00 bits per heavy atom. The van der Waals surface area contributed by atoms with Crippen molar-refractivity contribution in [2.45, 2.75) is 0 Å². The van der Waals surface area contributed by atoms with Crippen molar-refractivity contribution in [2.24, 2.45) is 0 Å². The fourth-order valence-electron chi connectivity index (χ4n) is 1.54. The molecule has 0 unspecified atom stereocenters. The fraction of sp³-hybridized carbons (Fsp3) is 0. The summed E-state index contributed by atoms with van der Waals surface area (Å²) in [6.07, 6.45) is 0. The maximum Gasteiger partial charge on any atom is 0.101 e. The Morgan fingerprint density at radius 3 is 2.56 bits per heavy atom. The normalized spacial score (nSPS) is 9.28. The van der Waals surface area contributed by atoms with E-state index >= 15 is 0 Å². The molecule has 18 heavy (non-hydrogen) atoms. The van der Waals surface area contributed by atoms with Gasteiger partial charge in [-0.1, -0.05) is 22.0 Å². The molecular weight excluding hydrogens is 290 g/mol. The molecule has 0 aliphatic rings. The number of halogens is 1. The maximum atomic E-state index is 9.06. The Hall–Kier alpha value is -2.30. The van der Waals surface area contributed by atoms with Crippen LogP contribution in [0.3, 0.4) is 0 Å². The number of rotatable bonds is 2. The zero-order valence-electron chi connectivity index (χ0n) is 9.31. The zero-order valence-corrected chi connectivity index (χ0v) is 10.9. The third-order valence-electron chi connectivity index (χ3n) is 2.37. The van der Waals surface area contributed by atoms with Crippen molar-refractivity contribution in [3.63, 3.8) is 0 Å². The molecule has 86 valence electrons. The minimum absolute atomic E-state index is 0.548. The minimum Gasteiger partial charge on any atom is -0.354 e. The van der Waals surface area contributed by atoms with Gasteiger partial charge in [-0.25, -0.2) is 0 Å². The van der Waals surface area contributed by atoms with Gasteiger partial charge in [0.2, 0.25) is 0 Å². The molecule has 0 aliphatic carbocycles. The molecule has 0 aromatic heterocycles. The van der Waals surface area contributed by atoms with Crippen molar-refractivity contribution < 1.29 is 0 Å². The van der Waals surface area contributed by atoms with E-state index in [0.717, 1.165) is 15.8 Å². The van der Waals surface area contributed by atoms with E-state index in [0.29, 0.717) is 11.1 Å². The Balaban J connectivity index is 2.35. The molecule has 0 aliphatic heterocycles. The summed E-state index contributed by atoms with van der Waals surface area (Å²) >= 11 is 3.32. The highest BCUT2D eigenvalue weighted by molar-refractivity contribution is 9.10. The Bertz CT molecular complexity index is 665. The van der Waals surface area contributed by atoms with Crippen LogP contribution >= 0.6 is 15.9 Å². The highest BCUT2D eigenvalue weighted by Crippen LogP contribution is 2.24. The Morgan fingerprint density at radius 2 is 1.83 bits per heavy atom. The molecule has 4 heteroatoms. The molecule has 0 fully saturated rings. The van der Waals surface area contributed by atoms with Gasteiger partial charge in [-0.2, -0.15) is 10.5 Å². The minimum atomic E-state index is 0.548. The fourth-order valence-corrected chi connectivity index (χ4v) is 1.90. The Labute approximate surface area is 113 Å². The van der Waals surface area contributed by atoms with Crippen LogP contribution in [0, 0.1) is 22.7 Å². The van der Waals surface area contributed by atoms with Crippen LogP contribution in [0.4, 0.5) is 11.4 Å². The van der Waals surface area contributed by atoms with Crippen LogP contribution in [0.5, 0.6) is 0 Å². The smallest absolute Gasteiger partial charge is 0.101 e. The predicted molar refractivity (Wildman–Crippen MR) is 73.3 cm³/mol. The summed E-state index contributed by atoms with van der Waals surface area (Å²) in [5.74, 6) is 0. The average Bonchev–Trinajstić information content (AvgIpc) is 2.41. The van der Waals surface area contributed by atoms with Crippen LogP contribution in [0.2, 0.25) is 0 Å². The molecule has 3 nitrogen and oxygen atoms in total. The molecule has 0 spiro atoms. The van der Waals surface area contributed by atoms with Gasteiger partial charge < -0.3 is 5.32 Å². The van der Waals surface area contributed by atoms with Crippen LogP contribution in [0.1, 0.15) is 11.1 Å². The van der Waals surface area contributed by atoms with Crippen molar-refractivity contribution in [2.75, 3.05) is 5.32 Å². The second kappa shape index (κ2) is 5.35. The molecule has 0 atom stereocenters. The standard InChI is InChI=1S/C14H8BrN3/c15-12-4-5-14(11(7-12)9-17)18-13-3-1-2-10(6-13)8-16/h1-7,18H. The van der Waals surface area contributed by atoms with Crippen LogP contribution in [0.25, 0.3) is 0 Å². The summed E-state index contributed by atoms with van der Waals surface area (Å²) in [5, 5.41) is 21.0. The highest BCUT2D eigenvalue weighted by Gasteiger charge is 2.03. The number of nitrogens with zero attached hydrogens (tertiary/aromatic N) is 2. The number of anilines is 2. The van der Waals surface area contributed by atoms with E-state index in [2.05, 4.69) is 33.4 Å². The van der Waals surface area contributed by atoms with Gasteiger partial charge in [0.15, 0.2) is 0 Å². The van der Waals surface area contributed by atoms with Crippen LogP contribution in [0.15, 0.2) is 46.9 Å². The monoisotopic (exact) mass is 297 g/mol. The van der Waals surface area contributed by atoms with Gasteiger partial charge in [-0.05, 0) is 36.4 Å². The van der Waals surface area contributed by atoms with E-state index < -0.39 is 0 Å². The second-order valence-electron chi connectivity index (χ2n) is 3.62. The number of nitriles is 2. The van der Waals surface area contributed by atoms with Crippen molar-refractivity contribution in [3.8, 4) is 12.1 Å². The predicted octanol–water partition coefficient (Wildman–Crippen LogP) is 3.94. The van der Waals surface area contributed by atoms with Crippen molar-refractivity contribution in [1.82, 2.24) is 0 Å².